The zero-order valence-corrected chi connectivity index (χ0v) is 16.3. The number of amidine groups is 1. The number of halogens is 1. The van der Waals surface area contributed by atoms with Crippen molar-refractivity contribution in [3.8, 4) is 11.5 Å². The Kier molecular flexibility index (Phi) is 5.86. The fraction of sp³-hybridized carbons (Fsp3) is 0.111. The van der Waals surface area contributed by atoms with E-state index in [4.69, 9.17) is 21.1 Å². The molecule has 0 saturated carbocycles. The second-order valence-corrected chi connectivity index (χ2v) is 6.92. The van der Waals surface area contributed by atoms with Crippen LogP contribution in [0.4, 0.5) is 11.4 Å². The molecule has 0 radical (unpaired) electrons. The van der Waals surface area contributed by atoms with Crippen molar-refractivity contribution in [3.05, 3.63) is 62.0 Å². The number of carbonyl (C=O) groups is 1. The van der Waals surface area contributed by atoms with Crippen LogP contribution in [-0.4, -0.2) is 30.2 Å². The molecule has 1 N–H and O–H groups in total. The quantitative estimate of drug-likeness (QED) is 0.443. The normalized spacial score (nSPS) is 16.3. The summed E-state index contributed by atoms with van der Waals surface area (Å²) in [4.78, 5) is 27.2. The molecule has 2 aromatic carbocycles. The standard InChI is InChI=1S/C18H14ClN3O5S/c1-26-12-5-3-10(15(9-12)27-2)7-16-17(23)21-18(28-16)20-14-6-4-11(22(24)25)8-13(14)19/h3-9H,1-2H3,(H,20,21,23)/b16-7+. The third kappa shape index (κ3) is 4.26. The largest absolute Gasteiger partial charge is 0.497 e. The molecule has 10 heteroatoms. The van der Waals surface area contributed by atoms with Gasteiger partial charge in [-0.25, -0.2) is 4.99 Å². The molecular formula is C18H14ClN3O5S. The monoisotopic (exact) mass is 419 g/mol. The second-order valence-electron chi connectivity index (χ2n) is 5.48. The summed E-state index contributed by atoms with van der Waals surface area (Å²) in [6.45, 7) is 0. The van der Waals surface area contributed by atoms with E-state index < -0.39 is 4.92 Å². The van der Waals surface area contributed by atoms with E-state index in [0.29, 0.717) is 32.8 Å². The summed E-state index contributed by atoms with van der Waals surface area (Å²) in [5.74, 6) is 0.876. The Morgan fingerprint density at radius 1 is 1.21 bits per heavy atom. The zero-order valence-electron chi connectivity index (χ0n) is 14.8. The van der Waals surface area contributed by atoms with E-state index in [9.17, 15) is 14.9 Å². The Morgan fingerprint density at radius 3 is 2.64 bits per heavy atom. The maximum atomic E-state index is 12.3. The lowest BCUT2D eigenvalue weighted by Gasteiger charge is -2.07. The number of thioether (sulfide) groups is 1. The van der Waals surface area contributed by atoms with Gasteiger partial charge in [0.05, 0.1) is 34.8 Å². The number of hydrogen-bond donors (Lipinski definition) is 1. The molecule has 0 spiro atoms. The Balaban J connectivity index is 1.87. The Hall–Kier alpha value is -3.04. The molecule has 1 saturated heterocycles. The maximum Gasteiger partial charge on any atom is 0.271 e. The van der Waals surface area contributed by atoms with Gasteiger partial charge in [0.15, 0.2) is 5.17 Å². The van der Waals surface area contributed by atoms with Crippen molar-refractivity contribution in [2.75, 3.05) is 14.2 Å². The van der Waals surface area contributed by atoms with Crippen LogP contribution >= 0.6 is 23.4 Å². The number of nitrogens with zero attached hydrogens (tertiary/aromatic N) is 2. The highest BCUT2D eigenvalue weighted by Crippen LogP contribution is 2.34. The summed E-state index contributed by atoms with van der Waals surface area (Å²) in [6, 6.07) is 9.19. The first kappa shape index (κ1) is 19.7. The summed E-state index contributed by atoms with van der Waals surface area (Å²) >= 11 is 7.17. The third-order valence-corrected chi connectivity index (χ3v) is 4.95. The van der Waals surface area contributed by atoms with Gasteiger partial charge in [-0.05, 0) is 36.0 Å². The minimum atomic E-state index is -0.544. The number of nitro groups is 1. The van der Waals surface area contributed by atoms with Gasteiger partial charge in [0.1, 0.15) is 11.5 Å². The molecular weight excluding hydrogens is 406 g/mol. The molecule has 3 rings (SSSR count). The van der Waals surface area contributed by atoms with E-state index in [1.165, 1.54) is 25.3 Å². The van der Waals surface area contributed by atoms with Gasteiger partial charge in [-0.2, -0.15) is 0 Å². The average molecular weight is 420 g/mol. The molecule has 1 amide bonds. The van der Waals surface area contributed by atoms with Gasteiger partial charge in [0, 0.05) is 23.8 Å². The molecule has 8 nitrogen and oxygen atoms in total. The highest BCUT2D eigenvalue weighted by molar-refractivity contribution is 8.18. The van der Waals surface area contributed by atoms with E-state index in [1.807, 2.05) is 0 Å². The number of methoxy groups -OCH3 is 2. The Labute approximate surface area is 169 Å². The van der Waals surface area contributed by atoms with Gasteiger partial charge in [-0.1, -0.05) is 11.6 Å². The minimum Gasteiger partial charge on any atom is -0.497 e. The van der Waals surface area contributed by atoms with Crippen molar-refractivity contribution < 1.29 is 19.2 Å². The lowest BCUT2D eigenvalue weighted by molar-refractivity contribution is -0.384. The number of ether oxygens (including phenoxy) is 2. The van der Waals surface area contributed by atoms with Crippen LogP contribution in [0.1, 0.15) is 5.56 Å². The van der Waals surface area contributed by atoms with Crippen molar-refractivity contribution in [1.29, 1.82) is 0 Å². The molecule has 1 fully saturated rings. The number of hydrogen-bond acceptors (Lipinski definition) is 7. The Morgan fingerprint density at radius 2 is 2.00 bits per heavy atom. The van der Waals surface area contributed by atoms with Gasteiger partial charge in [0.2, 0.25) is 0 Å². The highest BCUT2D eigenvalue weighted by atomic mass is 35.5. The van der Waals surface area contributed by atoms with Crippen LogP contribution in [0.3, 0.4) is 0 Å². The molecule has 1 aliphatic rings. The molecule has 1 heterocycles. The van der Waals surface area contributed by atoms with Crippen LogP contribution in [0.5, 0.6) is 11.5 Å². The van der Waals surface area contributed by atoms with Gasteiger partial charge >= 0.3 is 0 Å². The fourth-order valence-electron chi connectivity index (χ4n) is 2.37. The number of non-ortho nitro benzene ring substituents is 1. The van der Waals surface area contributed by atoms with E-state index in [0.717, 1.165) is 11.8 Å². The predicted octanol–water partition coefficient (Wildman–Crippen LogP) is 4.16. The molecule has 0 atom stereocenters. The third-order valence-electron chi connectivity index (χ3n) is 3.74. The first-order valence-electron chi connectivity index (χ1n) is 7.87. The predicted molar refractivity (Wildman–Crippen MR) is 108 cm³/mol. The number of amides is 1. The summed E-state index contributed by atoms with van der Waals surface area (Å²) in [6.07, 6.45) is 1.68. The van der Waals surface area contributed by atoms with Crippen LogP contribution in [0.25, 0.3) is 6.08 Å². The molecule has 0 aliphatic carbocycles. The van der Waals surface area contributed by atoms with Gasteiger partial charge in [0.25, 0.3) is 11.6 Å². The van der Waals surface area contributed by atoms with Gasteiger partial charge in [-0.3, -0.25) is 14.9 Å². The van der Waals surface area contributed by atoms with Crippen molar-refractivity contribution >= 4 is 51.9 Å². The Bertz CT molecular complexity index is 1020. The van der Waals surface area contributed by atoms with Gasteiger partial charge in [-0.15, -0.1) is 0 Å². The summed E-state index contributed by atoms with van der Waals surface area (Å²) in [5.41, 5.74) is 0.887. The van der Waals surface area contributed by atoms with Crippen molar-refractivity contribution in [2.24, 2.45) is 4.99 Å². The lowest BCUT2D eigenvalue weighted by Crippen LogP contribution is -2.19. The zero-order chi connectivity index (χ0) is 20.3. The summed E-state index contributed by atoms with van der Waals surface area (Å²) < 4.78 is 10.5. The van der Waals surface area contributed by atoms with Crippen LogP contribution in [-0.2, 0) is 4.79 Å². The first-order valence-corrected chi connectivity index (χ1v) is 9.06. The molecule has 0 aromatic heterocycles. The SMILES string of the molecule is COc1ccc(/C=C2/SC(=Nc3ccc([N+](=O)[O-])cc3Cl)NC2=O)c(OC)c1. The van der Waals surface area contributed by atoms with E-state index in [1.54, 1.807) is 31.4 Å². The maximum absolute atomic E-state index is 12.3. The molecule has 0 unspecified atom stereocenters. The number of rotatable bonds is 5. The van der Waals surface area contributed by atoms with Crippen LogP contribution in [0.15, 0.2) is 46.3 Å². The first-order chi connectivity index (χ1) is 13.4. The number of aliphatic imine (C=N–C) groups is 1. The van der Waals surface area contributed by atoms with Crippen molar-refractivity contribution in [2.45, 2.75) is 0 Å². The molecule has 2 aromatic rings. The summed E-state index contributed by atoms with van der Waals surface area (Å²) in [5, 5.41) is 13.9. The number of nitrogens with one attached hydrogen (secondary N) is 1. The molecule has 1 aliphatic heterocycles. The number of carbonyl (C=O) groups excluding carboxylic acids is 1. The molecule has 28 heavy (non-hydrogen) atoms. The molecule has 144 valence electrons. The number of nitro benzene ring substituents is 1. The van der Waals surface area contributed by atoms with Crippen LogP contribution < -0.4 is 14.8 Å². The lowest BCUT2D eigenvalue weighted by atomic mass is 10.1. The topological polar surface area (TPSA) is 103 Å². The average Bonchev–Trinajstić information content (AvgIpc) is 3.02. The van der Waals surface area contributed by atoms with Gasteiger partial charge < -0.3 is 14.8 Å². The highest BCUT2D eigenvalue weighted by Gasteiger charge is 2.25. The van der Waals surface area contributed by atoms with Crippen LogP contribution in [0, 0.1) is 10.1 Å². The van der Waals surface area contributed by atoms with Crippen molar-refractivity contribution in [1.82, 2.24) is 5.32 Å². The summed E-state index contributed by atoms with van der Waals surface area (Å²) in [7, 11) is 3.08. The molecule has 0 bridgehead atoms. The number of benzene rings is 2. The van der Waals surface area contributed by atoms with E-state index in [2.05, 4.69) is 10.3 Å². The van der Waals surface area contributed by atoms with Crippen molar-refractivity contribution in [3.63, 3.8) is 0 Å². The second kappa shape index (κ2) is 8.32. The van der Waals surface area contributed by atoms with Crippen LogP contribution in [0.2, 0.25) is 5.02 Å². The smallest absolute Gasteiger partial charge is 0.271 e. The fourth-order valence-corrected chi connectivity index (χ4v) is 3.41. The minimum absolute atomic E-state index is 0.116. The van der Waals surface area contributed by atoms with E-state index >= 15 is 0 Å². The van der Waals surface area contributed by atoms with E-state index in [-0.39, 0.29) is 16.6 Å².